The number of ether oxygens (including phenoxy) is 5. The molecule has 410 valence electrons. The largest absolute Gasteiger partial charge is 0.497 e. The van der Waals surface area contributed by atoms with Crippen LogP contribution in [0.1, 0.15) is 64.7 Å². The zero-order valence-corrected chi connectivity index (χ0v) is 46.0. The maximum absolute atomic E-state index is 16.2. The molecule has 1 aliphatic heterocycles. The van der Waals surface area contributed by atoms with Crippen LogP contribution in [0.2, 0.25) is 0 Å². The van der Waals surface area contributed by atoms with E-state index in [1.165, 1.54) is 48.2 Å². The molecule has 7 rings (SSSR count). The number of benzene rings is 5. The molecule has 24 heteroatoms. The van der Waals surface area contributed by atoms with Crippen molar-refractivity contribution < 1.29 is 54.9 Å². The average Bonchev–Trinajstić information content (AvgIpc) is 4.10. The fraction of sp³-hybridized carbons (Fsp3) is 0.358. The number of methoxy groups -OCH3 is 3. The van der Waals surface area contributed by atoms with Crippen LogP contribution in [0.5, 0.6) is 17.2 Å². The van der Waals surface area contributed by atoms with Gasteiger partial charge in [-0.25, -0.2) is 31.1 Å². The smallest absolute Gasteiger partial charge is 0.410 e. The molecule has 0 bridgehead atoms. The first-order chi connectivity index (χ1) is 36.3. The summed E-state index contributed by atoms with van der Waals surface area (Å²) in [5.74, 6) is 0.763. The number of alkyl carbamates (subject to hydrolysis) is 1. The Balaban J connectivity index is 1.41. The first-order valence-corrected chi connectivity index (χ1v) is 27.3. The number of sulfonamides is 2. The topological polar surface area (TPSA) is 278 Å². The van der Waals surface area contributed by atoms with Crippen LogP contribution < -0.4 is 35.3 Å². The summed E-state index contributed by atoms with van der Waals surface area (Å²) >= 11 is 0. The number of nitrogens with zero attached hydrogens (tertiary/aromatic N) is 6. The maximum atomic E-state index is 16.2. The number of nitrogens with one attached hydrogen (secondary N) is 3. The van der Waals surface area contributed by atoms with E-state index >= 15 is 16.8 Å². The number of likely N-dealkylation sites (tertiary alicyclic amines) is 1. The number of amides is 3. The lowest BCUT2D eigenvalue weighted by Crippen LogP contribution is -2.41. The third-order valence-corrected chi connectivity index (χ3v) is 15.4. The van der Waals surface area contributed by atoms with Crippen LogP contribution in [0.4, 0.5) is 21.0 Å². The molecule has 0 spiro atoms. The molecule has 2 heterocycles. The summed E-state index contributed by atoms with van der Waals surface area (Å²) < 4.78 is 93.7. The summed E-state index contributed by atoms with van der Waals surface area (Å²) in [4.78, 5) is 39.8. The fourth-order valence-corrected chi connectivity index (χ4v) is 11.8. The van der Waals surface area contributed by atoms with Crippen LogP contribution in [0.15, 0.2) is 113 Å². The molecule has 6 aromatic rings. The van der Waals surface area contributed by atoms with E-state index in [0.717, 1.165) is 9.87 Å². The predicted octanol–water partition coefficient (Wildman–Crippen LogP) is 6.81. The van der Waals surface area contributed by atoms with Gasteiger partial charge in [0.1, 0.15) is 44.8 Å². The van der Waals surface area contributed by atoms with Crippen molar-refractivity contribution in [3.63, 3.8) is 0 Å². The standard InChI is InChI=1S/C53H64N10O12S2/c1-52(2,3)74-50(65)55-29-46(64)56-44-24-16-37(28-43(44)54)42-23-25-45(76(67,68)59-38-26-27-61(33-38)51(66)75-53(4,5)6)48(47(42)49-57-60-63(58-49)32-36-14-21-41(73-9)22-15-36)77(69,70)62(30-34-10-17-39(71-7)18-11-34)31-35-12-19-40(72-8)20-13-35/h10-25,28,38,59H,26-27,29-33,54H2,1-9H3,(H,55,65)(H,56,64)/t38-/m1/s1. The first kappa shape index (κ1) is 56.9. The van der Waals surface area contributed by atoms with Crippen LogP contribution in [0, 0.1) is 0 Å². The van der Waals surface area contributed by atoms with E-state index in [0.29, 0.717) is 28.4 Å². The van der Waals surface area contributed by atoms with E-state index < -0.39 is 71.7 Å². The van der Waals surface area contributed by atoms with E-state index in [1.807, 2.05) is 0 Å². The molecule has 1 aromatic heterocycles. The second-order valence-electron chi connectivity index (χ2n) is 20.0. The van der Waals surface area contributed by atoms with Gasteiger partial charge in [0.25, 0.3) is 0 Å². The minimum Gasteiger partial charge on any atom is -0.497 e. The van der Waals surface area contributed by atoms with Crippen molar-refractivity contribution >= 4 is 49.5 Å². The number of carbonyl (C=O) groups is 3. The number of carbonyl (C=O) groups excluding carboxylic acids is 3. The van der Waals surface area contributed by atoms with Crippen LogP contribution in [-0.2, 0) is 53.9 Å². The third kappa shape index (κ3) is 14.8. The summed E-state index contributed by atoms with van der Waals surface area (Å²) in [6.07, 6.45) is -1.25. The lowest BCUT2D eigenvalue weighted by atomic mass is 9.98. The molecule has 0 aliphatic carbocycles. The lowest BCUT2D eigenvalue weighted by Gasteiger charge is -2.27. The van der Waals surface area contributed by atoms with Crippen molar-refractivity contribution in [2.45, 2.75) is 94.6 Å². The quantitative estimate of drug-likeness (QED) is 0.0607. The van der Waals surface area contributed by atoms with Gasteiger partial charge in [-0.05, 0) is 136 Å². The SMILES string of the molecule is COc1ccc(CN(Cc2ccc(OC)cc2)S(=O)(=O)c2c(S(=O)(=O)N[C@@H]3CCN(C(=O)OC(C)(C)C)C3)ccc(-c3ccc(NC(=O)CNC(=O)OC(C)(C)C)c(N)c3)c2-c2nnn(Cc3ccc(OC)cc3)n2)cc1. The summed E-state index contributed by atoms with van der Waals surface area (Å²) in [6.45, 7) is 9.40. The van der Waals surface area contributed by atoms with Crippen LogP contribution in [-0.4, -0.2) is 123 Å². The molecular formula is C53H64N10O12S2. The number of nitrogens with two attached hydrogens (primary N) is 1. The summed E-state index contributed by atoms with van der Waals surface area (Å²) in [7, 11) is -5.33. The second-order valence-corrected chi connectivity index (χ2v) is 23.6. The molecular weight excluding hydrogens is 1030 g/mol. The number of hydrogen-bond donors (Lipinski definition) is 4. The Morgan fingerprint density at radius 3 is 1.83 bits per heavy atom. The monoisotopic (exact) mass is 1100 g/mol. The molecule has 3 amide bonds. The van der Waals surface area contributed by atoms with Gasteiger partial charge in [0.15, 0.2) is 0 Å². The van der Waals surface area contributed by atoms with Gasteiger partial charge < -0.3 is 45.0 Å². The van der Waals surface area contributed by atoms with Gasteiger partial charge in [0.05, 0.1) is 44.8 Å². The molecule has 22 nitrogen and oxygen atoms in total. The van der Waals surface area contributed by atoms with Gasteiger partial charge >= 0.3 is 12.2 Å². The Hall–Kier alpha value is -7.80. The highest BCUT2D eigenvalue weighted by Gasteiger charge is 2.40. The maximum Gasteiger partial charge on any atom is 0.410 e. The molecule has 5 aromatic carbocycles. The number of aromatic nitrogens is 4. The molecule has 5 N–H and O–H groups in total. The Labute approximate surface area is 448 Å². The van der Waals surface area contributed by atoms with Gasteiger partial charge in [-0.3, -0.25) is 4.79 Å². The highest BCUT2D eigenvalue weighted by Crippen LogP contribution is 2.43. The number of rotatable bonds is 19. The summed E-state index contributed by atoms with van der Waals surface area (Å²) in [5.41, 5.74) is 7.11. The van der Waals surface area contributed by atoms with Gasteiger partial charge in [-0.1, -0.05) is 48.5 Å². The lowest BCUT2D eigenvalue weighted by molar-refractivity contribution is -0.115. The Bertz CT molecular complexity index is 3260. The molecule has 0 unspecified atom stereocenters. The average molecular weight is 1100 g/mol. The van der Waals surface area contributed by atoms with Crippen LogP contribution >= 0.6 is 0 Å². The highest BCUT2D eigenvalue weighted by molar-refractivity contribution is 7.92. The van der Waals surface area contributed by atoms with Crippen LogP contribution in [0.25, 0.3) is 22.5 Å². The minimum atomic E-state index is -5.04. The number of tetrazole rings is 1. The van der Waals surface area contributed by atoms with E-state index in [1.54, 1.807) is 128 Å². The zero-order valence-electron chi connectivity index (χ0n) is 44.3. The Kier molecular flexibility index (Phi) is 17.5. The molecule has 77 heavy (non-hydrogen) atoms. The molecule has 0 radical (unpaired) electrons. The van der Waals surface area contributed by atoms with E-state index in [-0.39, 0.29) is 73.0 Å². The summed E-state index contributed by atoms with van der Waals surface area (Å²) in [5, 5.41) is 18.5. The predicted molar refractivity (Wildman–Crippen MR) is 287 cm³/mol. The van der Waals surface area contributed by atoms with Gasteiger partial charge in [-0.15, -0.1) is 10.2 Å². The van der Waals surface area contributed by atoms with E-state index in [2.05, 4.69) is 25.7 Å². The fourth-order valence-electron chi connectivity index (χ4n) is 8.16. The van der Waals surface area contributed by atoms with Crippen molar-refractivity contribution in [2.75, 3.05) is 52.0 Å². The normalized spacial score (nSPS) is 14.0. The second kappa shape index (κ2) is 23.6. The van der Waals surface area contributed by atoms with Gasteiger partial charge in [-0.2, -0.15) is 9.10 Å². The van der Waals surface area contributed by atoms with Gasteiger partial charge in [0, 0.05) is 32.2 Å². The number of anilines is 2. The Morgan fingerprint density at radius 2 is 1.30 bits per heavy atom. The molecule has 1 atom stereocenters. The molecule has 1 aliphatic rings. The van der Waals surface area contributed by atoms with Crippen molar-refractivity contribution in [1.29, 1.82) is 0 Å². The van der Waals surface area contributed by atoms with Crippen molar-refractivity contribution in [1.82, 2.24) is 39.5 Å². The molecule has 1 saturated heterocycles. The van der Waals surface area contributed by atoms with Crippen molar-refractivity contribution in [2.24, 2.45) is 0 Å². The Morgan fingerprint density at radius 1 is 0.740 bits per heavy atom. The highest BCUT2D eigenvalue weighted by atomic mass is 32.2. The zero-order chi connectivity index (χ0) is 55.9. The van der Waals surface area contributed by atoms with E-state index in [4.69, 9.17) is 34.5 Å². The van der Waals surface area contributed by atoms with E-state index in [9.17, 15) is 14.4 Å². The number of hydrogen-bond acceptors (Lipinski definition) is 16. The third-order valence-electron chi connectivity index (χ3n) is 11.8. The molecule has 1 fully saturated rings. The first-order valence-electron chi connectivity index (χ1n) is 24.4. The molecule has 0 saturated carbocycles. The minimum absolute atomic E-state index is 0.0226. The van der Waals surface area contributed by atoms with Crippen molar-refractivity contribution in [3.05, 3.63) is 120 Å². The van der Waals surface area contributed by atoms with Crippen molar-refractivity contribution in [3.8, 4) is 39.8 Å². The van der Waals surface area contributed by atoms with Gasteiger partial charge in [0.2, 0.25) is 31.8 Å². The number of nitrogen functional groups attached to an aromatic ring is 1. The van der Waals surface area contributed by atoms with Crippen LogP contribution in [0.3, 0.4) is 0 Å². The summed E-state index contributed by atoms with van der Waals surface area (Å²) in [6, 6.07) is 26.9.